The van der Waals surface area contributed by atoms with Crippen LogP contribution in [-0.4, -0.2) is 5.97 Å². The quantitative estimate of drug-likeness (QED) is 0.520. The van der Waals surface area contributed by atoms with Crippen molar-refractivity contribution in [3.63, 3.8) is 0 Å². The summed E-state index contributed by atoms with van der Waals surface area (Å²) in [4.78, 5) is 10.2. The summed E-state index contributed by atoms with van der Waals surface area (Å²) in [7, 11) is 0. The summed E-state index contributed by atoms with van der Waals surface area (Å²) in [5.41, 5.74) is 0. The van der Waals surface area contributed by atoms with E-state index in [1.807, 2.05) is 0 Å². The van der Waals surface area contributed by atoms with Crippen LogP contribution in [0.3, 0.4) is 0 Å². The fraction of sp³-hybridized carbons (Fsp3) is 0.250. The molecule has 0 aliphatic heterocycles. The third kappa shape index (κ3) is 3.99. The number of allylic oxidation sites excluding steroid dienone is 1. The van der Waals surface area contributed by atoms with Crippen LogP contribution in [0.2, 0.25) is 0 Å². The van der Waals surface area contributed by atoms with Gasteiger partial charge >= 0.3 is 59.1 Å². The van der Waals surface area contributed by atoms with E-state index in [2.05, 4.69) is 2.64 Å². The molecule has 0 rings (SSSR count). The minimum absolute atomic E-state index is 0.141. The van der Waals surface area contributed by atoms with Crippen LogP contribution in [0.5, 0.6) is 0 Å². The molecule has 2 nitrogen and oxygen atoms in total. The van der Waals surface area contributed by atoms with Crippen molar-refractivity contribution in [3.05, 3.63) is 12.2 Å². The Morgan fingerprint density at radius 1 is 1.86 bits per heavy atom. The van der Waals surface area contributed by atoms with Gasteiger partial charge in [0.05, 0.1) is 0 Å². The number of rotatable bonds is 1. The number of carbonyl (C=O) groups excluding carboxylic acids is 1. The van der Waals surface area contributed by atoms with Crippen molar-refractivity contribution < 1.29 is 34.0 Å². The van der Waals surface area contributed by atoms with E-state index >= 15 is 0 Å². The fourth-order valence-corrected chi connectivity index (χ4v) is 0.558. The molecule has 0 aromatic heterocycles. The number of carbonyl (C=O) groups is 1. The van der Waals surface area contributed by atoms with Gasteiger partial charge in [0.1, 0.15) is 0 Å². The molecule has 3 heteroatoms. The van der Waals surface area contributed by atoms with E-state index < -0.39 is 0 Å². The molecular formula is C4H5HgO2. The molecule has 0 saturated heterocycles. The third-order valence-corrected chi connectivity index (χ3v) is 1.55. The Kier molecular flexibility index (Phi) is 4.40. The van der Waals surface area contributed by atoms with Crippen molar-refractivity contribution in [2.45, 2.75) is 6.92 Å². The molecule has 0 aliphatic rings. The van der Waals surface area contributed by atoms with Crippen LogP contribution in [0, 0.1) is 0 Å². The Morgan fingerprint density at radius 2 is 2.43 bits per heavy atom. The Morgan fingerprint density at radius 3 is 2.57 bits per heavy atom. The predicted octanol–water partition coefficient (Wildman–Crippen LogP) is 0.568. The topological polar surface area (TPSA) is 26.3 Å². The van der Waals surface area contributed by atoms with Gasteiger partial charge in [0.15, 0.2) is 0 Å². The van der Waals surface area contributed by atoms with Gasteiger partial charge in [-0.2, -0.15) is 0 Å². The molecular weight excluding hydrogens is 281 g/mol. The zero-order valence-corrected chi connectivity index (χ0v) is 9.68. The minimum atomic E-state index is -0.217. The molecule has 0 heterocycles. The Bertz CT molecular complexity index is 87.7. The van der Waals surface area contributed by atoms with Crippen LogP contribution in [0.25, 0.3) is 0 Å². The van der Waals surface area contributed by atoms with Crippen molar-refractivity contribution in [1.82, 2.24) is 0 Å². The Labute approximate surface area is 59.2 Å². The van der Waals surface area contributed by atoms with Gasteiger partial charge in [-0.1, -0.05) is 0 Å². The summed E-state index contributed by atoms with van der Waals surface area (Å²) < 4.78 is 4.46. The normalized spacial score (nSPS) is 9.57. The van der Waals surface area contributed by atoms with Gasteiger partial charge in [0, 0.05) is 0 Å². The van der Waals surface area contributed by atoms with Gasteiger partial charge in [0.2, 0.25) is 0 Å². The molecule has 7 heavy (non-hydrogen) atoms. The molecule has 0 amide bonds. The first-order valence-corrected chi connectivity index (χ1v) is 4.14. The average molecular weight is 286 g/mol. The van der Waals surface area contributed by atoms with E-state index in [4.69, 9.17) is 0 Å². The van der Waals surface area contributed by atoms with Gasteiger partial charge in [-0.3, -0.25) is 0 Å². The zero-order chi connectivity index (χ0) is 5.70. The van der Waals surface area contributed by atoms with E-state index in [9.17, 15) is 4.79 Å². The summed E-state index contributed by atoms with van der Waals surface area (Å²) in [6.45, 7) is 1.78. The molecule has 0 unspecified atom stereocenters. The molecule has 0 aromatic carbocycles. The molecule has 0 bridgehead atoms. The Hall–Kier alpha value is 0.145. The first kappa shape index (κ1) is 7.15. The number of hydrogen-bond donors (Lipinski definition) is 0. The standard InChI is InChI=1S/C4H6O2.Hg/c1-2-3-4(5)6;/h2-3H,1H3,(H,5,6);/q;+1/p-1/b3-2+;. The van der Waals surface area contributed by atoms with E-state index in [0.717, 1.165) is 0 Å². The second-order valence-corrected chi connectivity index (χ2v) is 2.09. The van der Waals surface area contributed by atoms with Crippen LogP contribution >= 0.6 is 0 Å². The number of hydrogen-bond acceptors (Lipinski definition) is 2. The van der Waals surface area contributed by atoms with Crippen LogP contribution in [0.4, 0.5) is 0 Å². The van der Waals surface area contributed by atoms with Crippen molar-refractivity contribution in [3.8, 4) is 0 Å². The molecule has 0 aromatic rings. The first-order chi connectivity index (χ1) is 3.31. The van der Waals surface area contributed by atoms with Crippen LogP contribution in [-0.2, 0) is 34.0 Å². The zero-order valence-electron chi connectivity index (χ0n) is 4.18. The fourth-order valence-electron chi connectivity index (χ4n) is 0.184. The van der Waals surface area contributed by atoms with Crippen LogP contribution in [0.1, 0.15) is 6.92 Å². The maximum atomic E-state index is 10.2. The summed E-state index contributed by atoms with van der Waals surface area (Å²) in [5, 5.41) is 0. The SMILES string of the molecule is C/C=C/C(=O)[O][Hg]. The second-order valence-electron chi connectivity index (χ2n) is 0.963. The van der Waals surface area contributed by atoms with Crippen LogP contribution in [0.15, 0.2) is 12.2 Å². The monoisotopic (exact) mass is 287 g/mol. The van der Waals surface area contributed by atoms with E-state index in [0.29, 0.717) is 0 Å². The molecule has 0 saturated carbocycles. The molecule has 0 aliphatic carbocycles. The Balaban J connectivity index is 3.37. The van der Waals surface area contributed by atoms with Crippen molar-refractivity contribution in [1.29, 1.82) is 0 Å². The van der Waals surface area contributed by atoms with Crippen molar-refractivity contribution >= 4 is 5.97 Å². The summed E-state index contributed by atoms with van der Waals surface area (Å²) in [5.74, 6) is -0.217. The summed E-state index contributed by atoms with van der Waals surface area (Å²) >= 11 is 0.141. The van der Waals surface area contributed by atoms with Gasteiger partial charge in [-0.15, -0.1) is 0 Å². The second kappa shape index (κ2) is 4.31. The van der Waals surface area contributed by atoms with Gasteiger partial charge in [-0.25, -0.2) is 0 Å². The molecule has 35 valence electrons. The van der Waals surface area contributed by atoms with Gasteiger partial charge < -0.3 is 0 Å². The third-order valence-electron chi connectivity index (χ3n) is 0.445. The molecule has 0 atom stereocenters. The van der Waals surface area contributed by atoms with Crippen molar-refractivity contribution in [2.24, 2.45) is 0 Å². The summed E-state index contributed by atoms with van der Waals surface area (Å²) in [6, 6.07) is 0. The van der Waals surface area contributed by atoms with Crippen LogP contribution < -0.4 is 0 Å². The van der Waals surface area contributed by atoms with E-state index in [-0.39, 0.29) is 32.5 Å². The van der Waals surface area contributed by atoms with Crippen molar-refractivity contribution in [2.75, 3.05) is 0 Å². The molecule has 0 fully saturated rings. The van der Waals surface area contributed by atoms with E-state index in [1.165, 1.54) is 6.08 Å². The summed E-state index contributed by atoms with van der Waals surface area (Å²) in [6.07, 6.45) is 3.07. The first-order valence-electron chi connectivity index (χ1n) is 1.90. The average Bonchev–Trinajstić information content (AvgIpc) is 1.68. The maximum absolute atomic E-state index is 10.2. The van der Waals surface area contributed by atoms with Gasteiger partial charge in [0.25, 0.3) is 0 Å². The van der Waals surface area contributed by atoms with Gasteiger partial charge in [-0.05, 0) is 0 Å². The molecule has 0 N–H and O–H groups in total. The van der Waals surface area contributed by atoms with E-state index in [1.54, 1.807) is 13.0 Å². The molecule has 0 radical (unpaired) electrons. The molecule has 0 spiro atoms. The predicted molar refractivity (Wildman–Crippen MR) is 20.9 cm³/mol.